The summed E-state index contributed by atoms with van der Waals surface area (Å²) in [6.45, 7) is 1.46. The fraction of sp³-hybridized carbons (Fsp3) is 0.364. The second kappa shape index (κ2) is 7.47. The van der Waals surface area contributed by atoms with Crippen molar-refractivity contribution in [1.29, 1.82) is 0 Å². The summed E-state index contributed by atoms with van der Waals surface area (Å²) in [5, 5.41) is 9.36. The fourth-order valence-electron chi connectivity index (χ4n) is 1.39. The van der Waals surface area contributed by atoms with Crippen LogP contribution >= 0.6 is 24.0 Å². The Morgan fingerprint density at radius 3 is 2.68 bits per heavy atom. The number of esters is 1. The average molecular weight is 316 g/mol. The standard InChI is InChI=1S/C11H12ClF2NO3.ClH/c1-2-18-11(17)8(14)9(15)7-6(13)4-3-5(12)10(7)16;/h3-4,8-9,16H,2,15H2,1H3;1H/t8?,9-;/m0./s1. The summed E-state index contributed by atoms with van der Waals surface area (Å²) in [5.74, 6) is -2.85. The Morgan fingerprint density at radius 2 is 2.16 bits per heavy atom. The van der Waals surface area contributed by atoms with Gasteiger partial charge in [-0.15, -0.1) is 12.4 Å². The van der Waals surface area contributed by atoms with Gasteiger partial charge < -0.3 is 15.6 Å². The highest BCUT2D eigenvalue weighted by Gasteiger charge is 2.32. The molecule has 1 aromatic rings. The van der Waals surface area contributed by atoms with Gasteiger partial charge in [-0.3, -0.25) is 0 Å². The van der Waals surface area contributed by atoms with Crippen LogP contribution in [0.25, 0.3) is 0 Å². The third-order valence-electron chi connectivity index (χ3n) is 2.28. The van der Waals surface area contributed by atoms with Gasteiger partial charge in [-0.25, -0.2) is 13.6 Å². The van der Waals surface area contributed by atoms with E-state index in [2.05, 4.69) is 4.74 Å². The van der Waals surface area contributed by atoms with E-state index in [0.717, 1.165) is 12.1 Å². The molecule has 0 heterocycles. The highest BCUT2D eigenvalue weighted by molar-refractivity contribution is 6.32. The molecule has 0 radical (unpaired) electrons. The summed E-state index contributed by atoms with van der Waals surface area (Å²) in [6, 6.07) is 0.331. The van der Waals surface area contributed by atoms with Crippen LogP contribution in [0.4, 0.5) is 8.78 Å². The van der Waals surface area contributed by atoms with E-state index in [1.165, 1.54) is 6.92 Å². The number of hydrogen-bond acceptors (Lipinski definition) is 4. The van der Waals surface area contributed by atoms with Crippen LogP contribution in [0.15, 0.2) is 12.1 Å². The van der Waals surface area contributed by atoms with Crippen LogP contribution in [0.3, 0.4) is 0 Å². The van der Waals surface area contributed by atoms with Crippen molar-refractivity contribution in [3.8, 4) is 5.75 Å². The van der Waals surface area contributed by atoms with E-state index in [0.29, 0.717) is 0 Å². The Morgan fingerprint density at radius 1 is 1.58 bits per heavy atom. The van der Waals surface area contributed by atoms with E-state index < -0.39 is 35.3 Å². The Bertz CT molecular complexity index is 460. The zero-order valence-electron chi connectivity index (χ0n) is 9.90. The summed E-state index contributed by atoms with van der Waals surface area (Å²) in [5.41, 5.74) is 4.85. The topological polar surface area (TPSA) is 72.5 Å². The molecule has 1 unspecified atom stereocenters. The van der Waals surface area contributed by atoms with E-state index in [1.54, 1.807) is 0 Å². The molecular formula is C11H13Cl2F2NO3. The van der Waals surface area contributed by atoms with Gasteiger partial charge in [-0.2, -0.15) is 0 Å². The van der Waals surface area contributed by atoms with Crippen LogP contribution < -0.4 is 5.73 Å². The summed E-state index contributed by atoms with van der Waals surface area (Å²) in [6.07, 6.45) is -2.29. The highest BCUT2D eigenvalue weighted by Crippen LogP contribution is 2.34. The van der Waals surface area contributed by atoms with Gasteiger partial charge in [0.2, 0.25) is 6.17 Å². The van der Waals surface area contributed by atoms with Gasteiger partial charge in [0.05, 0.1) is 23.2 Å². The maximum Gasteiger partial charge on any atom is 0.342 e. The van der Waals surface area contributed by atoms with Gasteiger partial charge in [0.25, 0.3) is 0 Å². The van der Waals surface area contributed by atoms with Crippen LogP contribution in [0.5, 0.6) is 5.75 Å². The van der Waals surface area contributed by atoms with E-state index in [1.807, 2.05) is 0 Å². The number of aromatic hydroxyl groups is 1. The number of carbonyl (C=O) groups is 1. The number of phenolic OH excluding ortho intramolecular Hbond substituents is 1. The summed E-state index contributed by atoms with van der Waals surface area (Å²) in [4.78, 5) is 11.2. The second-order valence-corrected chi connectivity index (χ2v) is 3.88. The van der Waals surface area contributed by atoms with Gasteiger partial charge in [0.15, 0.2) is 0 Å². The Kier molecular flexibility index (Phi) is 7.04. The van der Waals surface area contributed by atoms with Crippen molar-refractivity contribution < 1.29 is 23.4 Å². The first-order valence-corrected chi connectivity index (χ1v) is 5.51. The molecule has 2 atom stereocenters. The molecule has 0 spiro atoms. The average Bonchev–Trinajstić information content (AvgIpc) is 2.33. The minimum absolute atomic E-state index is 0. The molecule has 0 bridgehead atoms. The molecule has 8 heteroatoms. The third kappa shape index (κ3) is 3.92. The summed E-state index contributed by atoms with van der Waals surface area (Å²) < 4.78 is 31.5. The van der Waals surface area contributed by atoms with Crippen LogP contribution in [0.2, 0.25) is 5.02 Å². The van der Waals surface area contributed by atoms with Crippen LogP contribution in [0, 0.1) is 5.82 Å². The number of halogens is 4. The molecule has 0 aliphatic carbocycles. The zero-order valence-corrected chi connectivity index (χ0v) is 11.5. The predicted octanol–water partition coefficient (Wildman–Crippen LogP) is 2.51. The van der Waals surface area contributed by atoms with Crippen molar-refractivity contribution in [2.45, 2.75) is 19.1 Å². The van der Waals surface area contributed by atoms with E-state index in [4.69, 9.17) is 17.3 Å². The van der Waals surface area contributed by atoms with Gasteiger partial charge >= 0.3 is 5.97 Å². The van der Waals surface area contributed by atoms with Crippen molar-refractivity contribution in [3.05, 3.63) is 28.5 Å². The number of phenols is 1. The minimum Gasteiger partial charge on any atom is -0.506 e. The van der Waals surface area contributed by atoms with Gasteiger partial charge in [0, 0.05) is 0 Å². The van der Waals surface area contributed by atoms with E-state index in [9.17, 15) is 18.7 Å². The molecule has 0 amide bonds. The number of rotatable bonds is 4. The van der Waals surface area contributed by atoms with Crippen LogP contribution in [0.1, 0.15) is 18.5 Å². The molecule has 0 aromatic heterocycles. The largest absolute Gasteiger partial charge is 0.506 e. The molecule has 1 aromatic carbocycles. The number of benzene rings is 1. The Labute approximate surface area is 119 Å². The van der Waals surface area contributed by atoms with Gasteiger partial charge in [-0.1, -0.05) is 11.6 Å². The smallest absolute Gasteiger partial charge is 0.342 e. The Balaban J connectivity index is 0.00000324. The number of alkyl halides is 1. The number of ether oxygens (including phenoxy) is 1. The molecule has 108 valence electrons. The van der Waals surface area contributed by atoms with Crippen molar-refractivity contribution in [3.63, 3.8) is 0 Å². The first-order chi connectivity index (χ1) is 8.40. The Hall–Kier alpha value is -1.11. The monoisotopic (exact) mass is 315 g/mol. The molecule has 4 nitrogen and oxygen atoms in total. The first kappa shape index (κ1) is 17.9. The van der Waals surface area contributed by atoms with Crippen LogP contribution in [-0.4, -0.2) is 23.9 Å². The summed E-state index contributed by atoms with van der Waals surface area (Å²) in [7, 11) is 0. The molecule has 0 fully saturated rings. The van der Waals surface area contributed by atoms with Crippen molar-refractivity contribution in [2.24, 2.45) is 5.73 Å². The predicted molar refractivity (Wildman–Crippen MR) is 68.8 cm³/mol. The molecule has 3 N–H and O–H groups in total. The SMILES string of the molecule is CCOC(=O)C(F)[C@@H](N)c1c(F)ccc(Cl)c1O.Cl. The highest BCUT2D eigenvalue weighted by atomic mass is 35.5. The number of carbonyl (C=O) groups excluding carboxylic acids is 1. The quantitative estimate of drug-likeness (QED) is 0.837. The van der Waals surface area contributed by atoms with E-state index in [-0.39, 0.29) is 24.0 Å². The molecule has 1 rings (SSSR count). The first-order valence-electron chi connectivity index (χ1n) is 5.13. The van der Waals surface area contributed by atoms with Crippen molar-refractivity contribution in [2.75, 3.05) is 6.61 Å². The molecule has 0 aliphatic rings. The number of nitrogens with two attached hydrogens (primary N) is 1. The maximum absolute atomic E-state index is 13.6. The second-order valence-electron chi connectivity index (χ2n) is 3.47. The zero-order chi connectivity index (χ0) is 13.9. The minimum atomic E-state index is -2.29. The lowest BCUT2D eigenvalue weighted by Crippen LogP contribution is -2.32. The fourth-order valence-corrected chi connectivity index (χ4v) is 1.55. The van der Waals surface area contributed by atoms with Crippen LogP contribution in [-0.2, 0) is 9.53 Å². The maximum atomic E-state index is 13.6. The lowest BCUT2D eigenvalue weighted by atomic mass is 10.0. The molecular weight excluding hydrogens is 303 g/mol. The van der Waals surface area contributed by atoms with Gasteiger partial charge in [0.1, 0.15) is 11.6 Å². The number of hydrogen-bond donors (Lipinski definition) is 2. The lowest BCUT2D eigenvalue weighted by Gasteiger charge is -2.18. The molecule has 0 saturated heterocycles. The molecule has 0 aliphatic heterocycles. The van der Waals surface area contributed by atoms with Crippen molar-refractivity contribution >= 4 is 30.0 Å². The lowest BCUT2D eigenvalue weighted by molar-refractivity contribution is -0.149. The molecule has 0 saturated carbocycles. The van der Waals surface area contributed by atoms with E-state index >= 15 is 0 Å². The van der Waals surface area contributed by atoms with Gasteiger partial charge in [-0.05, 0) is 19.1 Å². The van der Waals surface area contributed by atoms with Crippen molar-refractivity contribution in [1.82, 2.24) is 0 Å². The normalized spacial score (nSPS) is 13.3. The summed E-state index contributed by atoms with van der Waals surface area (Å²) >= 11 is 5.56. The third-order valence-corrected chi connectivity index (χ3v) is 2.58. The molecule has 19 heavy (non-hydrogen) atoms.